The van der Waals surface area contributed by atoms with Crippen molar-refractivity contribution in [3.05, 3.63) is 16.1 Å². The van der Waals surface area contributed by atoms with Gasteiger partial charge in [0.15, 0.2) is 5.96 Å². The van der Waals surface area contributed by atoms with Gasteiger partial charge in [0.1, 0.15) is 5.01 Å². The summed E-state index contributed by atoms with van der Waals surface area (Å²) in [5, 5.41) is 7.84. The lowest BCUT2D eigenvalue weighted by molar-refractivity contribution is 0.443. The number of hydrogen-bond donors (Lipinski definition) is 2. The van der Waals surface area contributed by atoms with Crippen molar-refractivity contribution in [3.8, 4) is 0 Å². The highest BCUT2D eigenvalue weighted by molar-refractivity contribution is 7.11. The molecule has 1 aromatic heterocycles. The molecule has 0 saturated carbocycles. The van der Waals surface area contributed by atoms with Gasteiger partial charge in [-0.25, -0.2) is 4.98 Å². The summed E-state index contributed by atoms with van der Waals surface area (Å²) in [6.45, 7) is 8.32. The standard InChI is InChI=1S/C15H28N4S/c1-5-7-8-13(6-2)10-18-15(16-4)19-11-14-17-9-12(3)20-14/h9,13H,5-8,10-11H2,1-4H3,(H2,16,18,19). The number of thiazole rings is 1. The predicted octanol–water partition coefficient (Wildman–Crippen LogP) is 3.33. The summed E-state index contributed by atoms with van der Waals surface area (Å²) < 4.78 is 0. The summed E-state index contributed by atoms with van der Waals surface area (Å²) in [5.74, 6) is 1.60. The van der Waals surface area contributed by atoms with Crippen molar-refractivity contribution in [1.29, 1.82) is 0 Å². The summed E-state index contributed by atoms with van der Waals surface area (Å²) in [6.07, 6.45) is 7.01. The van der Waals surface area contributed by atoms with Crippen LogP contribution in [0.5, 0.6) is 0 Å². The van der Waals surface area contributed by atoms with E-state index in [-0.39, 0.29) is 0 Å². The summed E-state index contributed by atoms with van der Waals surface area (Å²) >= 11 is 1.72. The van der Waals surface area contributed by atoms with Crippen molar-refractivity contribution in [2.24, 2.45) is 10.9 Å². The zero-order valence-electron chi connectivity index (χ0n) is 13.2. The van der Waals surface area contributed by atoms with Crippen molar-refractivity contribution >= 4 is 17.3 Å². The molecule has 0 bridgehead atoms. The molecule has 1 atom stereocenters. The Balaban J connectivity index is 2.32. The lowest BCUT2D eigenvalue weighted by Crippen LogP contribution is -2.39. The average molecular weight is 296 g/mol. The van der Waals surface area contributed by atoms with Crippen molar-refractivity contribution in [3.63, 3.8) is 0 Å². The molecule has 1 aromatic rings. The van der Waals surface area contributed by atoms with E-state index in [9.17, 15) is 0 Å². The number of aryl methyl sites for hydroxylation is 1. The quantitative estimate of drug-likeness (QED) is 0.571. The van der Waals surface area contributed by atoms with E-state index in [1.54, 1.807) is 11.3 Å². The second-order valence-electron chi connectivity index (χ2n) is 5.09. The van der Waals surface area contributed by atoms with Gasteiger partial charge in [-0.2, -0.15) is 0 Å². The molecule has 0 fully saturated rings. The molecule has 0 aliphatic heterocycles. The molecule has 0 radical (unpaired) electrons. The monoisotopic (exact) mass is 296 g/mol. The van der Waals surface area contributed by atoms with Gasteiger partial charge in [0.05, 0.1) is 6.54 Å². The van der Waals surface area contributed by atoms with Crippen LogP contribution in [0.2, 0.25) is 0 Å². The van der Waals surface area contributed by atoms with Gasteiger partial charge in [-0.05, 0) is 19.3 Å². The molecule has 0 amide bonds. The molecule has 0 aromatic carbocycles. The Kier molecular flexibility index (Phi) is 8.26. The fourth-order valence-electron chi connectivity index (χ4n) is 2.05. The SMILES string of the molecule is CCCCC(CC)CNC(=NC)NCc1ncc(C)s1. The van der Waals surface area contributed by atoms with Crippen LogP contribution in [-0.4, -0.2) is 24.5 Å². The third-order valence-electron chi connectivity index (χ3n) is 3.40. The number of unbranched alkanes of at least 4 members (excludes halogenated alkanes) is 1. The van der Waals surface area contributed by atoms with Crippen LogP contribution in [0.4, 0.5) is 0 Å². The minimum Gasteiger partial charge on any atom is -0.356 e. The molecule has 0 aliphatic carbocycles. The van der Waals surface area contributed by atoms with Gasteiger partial charge < -0.3 is 10.6 Å². The maximum atomic E-state index is 4.35. The number of rotatable bonds is 8. The summed E-state index contributed by atoms with van der Waals surface area (Å²) in [6, 6.07) is 0. The largest absolute Gasteiger partial charge is 0.356 e. The molecule has 114 valence electrons. The highest BCUT2D eigenvalue weighted by Crippen LogP contribution is 2.12. The van der Waals surface area contributed by atoms with Gasteiger partial charge in [-0.3, -0.25) is 4.99 Å². The highest BCUT2D eigenvalue weighted by atomic mass is 32.1. The number of nitrogens with one attached hydrogen (secondary N) is 2. The number of hydrogen-bond acceptors (Lipinski definition) is 3. The third-order valence-corrected chi connectivity index (χ3v) is 4.31. The zero-order valence-corrected chi connectivity index (χ0v) is 14.0. The lowest BCUT2D eigenvalue weighted by Gasteiger charge is -2.17. The molecule has 1 rings (SSSR count). The lowest BCUT2D eigenvalue weighted by atomic mass is 9.99. The molecule has 2 N–H and O–H groups in total. The fraction of sp³-hybridized carbons (Fsp3) is 0.733. The first kappa shape index (κ1) is 17.0. The molecule has 5 heteroatoms. The smallest absolute Gasteiger partial charge is 0.191 e. The van der Waals surface area contributed by atoms with E-state index in [1.807, 2.05) is 13.2 Å². The Labute approximate surface area is 127 Å². The molecule has 20 heavy (non-hydrogen) atoms. The van der Waals surface area contributed by atoms with Crippen molar-refractivity contribution < 1.29 is 0 Å². The van der Waals surface area contributed by atoms with Crippen LogP contribution in [0.1, 0.15) is 49.4 Å². The normalized spacial score (nSPS) is 13.3. The van der Waals surface area contributed by atoms with E-state index >= 15 is 0 Å². The van der Waals surface area contributed by atoms with Crippen LogP contribution < -0.4 is 10.6 Å². The van der Waals surface area contributed by atoms with Crippen molar-refractivity contribution in [2.75, 3.05) is 13.6 Å². The number of aliphatic imine (C=N–C) groups is 1. The first-order valence-corrected chi connectivity index (χ1v) is 8.37. The van der Waals surface area contributed by atoms with Crippen molar-refractivity contribution in [2.45, 2.75) is 53.0 Å². The minimum atomic E-state index is 0.732. The molecule has 1 heterocycles. The van der Waals surface area contributed by atoms with Gasteiger partial charge in [0, 0.05) is 24.7 Å². The van der Waals surface area contributed by atoms with Crippen LogP contribution in [0.15, 0.2) is 11.2 Å². The van der Waals surface area contributed by atoms with E-state index in [1.165, 1.54) is 30.6 Å². The van der Waals surface area contributed by atoms with E-state index < -0.39 is 0 Å². The summed E-state index contributed by atoms with van der Waals surface area (Å²) in [7, 11) is 1.81. The molecule has 1 unspecified atom stereocenters. The van der Waals surface area contributed by atoms with Gasteiger partial charge in [-0.1, -0.05) is 33.1 Å². The Hall–Kier alpha value is -1.10. The Bertz CT molecular complexity index is 400. The van der Waals surface area contributed by atoms with Crippen LogP contribution >= 0.6 is 11.3 Å². The predicted molar refractivity (Wildman–Crippen MR) is 88.4 cm³/mol. The molecular formula is C15H28N4S. The van der Waals surface area contributed by atoms with E-state index in [2.05, 4.69) is 41.4 Å². The van der Waals surface area contributed by atoms with Gasteiger partial charge in [0.25, 0.3) is 0 Å². The summed E-state index contributed by atoms with van der Waals surface area (Å²) in [5.41, 5.74) is 0. The first-order valence-electron chi connectivity index (χ1n) is 7.55. The first-order chi connectivity index (χ1) is 9.69. The maximum absolute atomic E-state index is 4.35. The zero-order chi connectivity index (χ0) is 14.8. The van der Waals surface area contributed by atoms with E-state index in [0.29, 0.717) is 0 Å². The third kappa shape index (κ3) is 6.37. The fourth-order valence-corrected chi connectivity index (χ4v) is 2.77. The second-order valence-corrected chi connectivity index (χ2v) is 6.41. The van der Waals surface area contributed by atoms with Gasteiger partial charge >= 0.3 is 0 Å². The highest BCUT2D eigenvalue weighted by Gasteiger charge is 2.07. The Morgan fingerprint density at radius 3 is 2.75 bits per heavy atom. The maximum Gasteiger partial charge on any atom is 0.191 e. The molecule has 0 spiro atoms. The summed E-state index contributed by atoms with van der Waals surface area (Å²) in [4.78, 5) is 9.86. The van der Waals surface area contributed by atoms with Crippen LogP contribution in [-0.2, 0) is 6.54 Å². The number of guanidine groups is 1. The number of aromatic nitrogens is 1. The molecular weight excluding hydrogens is 268 g/mol. The number of nitrogens with zero attached hydrogens (tertiary/aromatic N) is 2. The minimum absolute atomic E-state index is 0.732. The Morgan fingerprint density at radius 2 is 2.20 bits per heavy atom. The molecule has 4 nitrogen and oxygen atoms in total. The van der Waals surface area contributed by atoms with Crippen LogP contribution in [0.25, 0.3) is 0 Å². The average Bonchev–Trinajstić information content (AvgIpc) is 2.87. The van der Waals surface area contributed by atoms with Gasteiger partial charge in [-0.15, -0.1) is 11.3 Å². The van der Waals surface area contributed by atoms with Crippen molar-refractivity contribution in [1.82, 2.24) is 15.6 Å². The molecule has 0 saturated heterocycles. The Morgan fingerprint density at radius 1 is 1.40 bits per heavy atom. The van der Waals surface area contributed by atoms with E-state index in [4.69, 9.17) is 0 Å². The topological polar surface area (TPSA) is 49.3 Å². The van der Waals surface area contributed by atoms with E-state index in [0.717, 1.165) is 30.0 Å². The van der Waals surface area contributed by atoms with Crippen LogP contribution in [0.3, 0.4) is 0 Å². The molecule has 0 aliphatic rings. The second kappa shape index (κ2) is 9.75. The van der Waals surface area contributed by atoms with Gasteiger partial charge in [0.2, 0.25) is 0 Å². The van der Waals surface area contributed by atoms with Crippen LogP contribution in [0, 0.1) is 12.8 Å².